The number of nitrogens with two attached hydrogens (primary N) is 4. The molecule has 0 amide bonds. The van der Waals surface area contributed by atoms with E-state index in [2.05, 4.69) is 0 Å². The minimum atomic E-state index is -3.78. The highest BCUT2D eigenvalue weighted by molar-refractivity contribution is 7.02. The van der Waals surface area contributed by atoms with Crippen molar-refractivity contribution >= 4 is 70.4 Å². The van der Waals surface area contributed by atoms with Gasteiger partial charge in [0.2, 0.25) is 0 Å². The predicted octanol–water partition coefficient (Wildman–Crippen LogP) is -0.321. The van der Waals surface area contributed by atoms with Gasteiger partial charge in [0.05, 0.1) is 0 Å². The van der Waals surface area contributed by atoms with Gasteiger partial charge in [-0.2, -0.15) is 0 Å². The highest BCUT2D eigenvalue weighted by Crippen LogP contribution is 2.51. The van der Waals surface area contributed by atoms with Crippen molar-refractivity contribution < 1.29 is 49.4 Å². The SMILES string of the molecule is C[Si]12O[Si]3(C)O[Si]4(C)O[Si](C)(O1)O[Si]1(CCCN)O[Si](CCCN)(O2)O[Si](CCCN)(O3)O[Si](CCCN)(O4)O1. The molecule has 0 aromatic carbocycles. The molecule has 24 heteroatoms. The van der Waals surface area contributed by atoms with Crippen LogP contribution in [0.3, 0.4) is 0 Å². The van der Waals surface area contributed by atoms with Crippen molar-refractivity contribution in [1.29, 1.82) is 0 Å². The minimum absolute atomic E-state index is 0.357. The summed E-state index contributed by atoms with van der Waals surface area (Å²) in [6.45, 7) is 8.63. The first-order valence-electron chi connectivity index (χ1n) is 13.9. The normalized spacial score (nSPS) is 49.8. The molecule has 0 radical (unpaired) electrons. The second-order valence-electron chi connectivity index (χ2n) is 11.0. The molecule has 6 aliphatic rings. The van der Waals surface area contributed by atoms with Gasteiger partial charge in [-0.1, -0.05) is 0 Å². The van der Waals surface area contributed by atoms with Gasteiger partial charge in [-0.3, -0.25) is 0 Å². The second kappa shape index (κ2) is 11.5. The molecule has 16 nitrogen and oxygen atoms in total. The Morgan fingerprint density at radius 1 is 0.325 bits per heavy atom. The summed E-state index contributed by atoms with van der Waals surface area (Å²) in [5.74, 6) is 0. The van der Waals surface area contributed by atoms with E-state index in [4.69, 9.17) is 72.3 Å². The molecule has 8 bridgehead atoms. The lowest BCUT2D eigenvalue weighted by molar-refractivity contribution is -0.0244. The van der Waals surface area contributed by atoms with Gasteiger partial charge in [0.1, 0.15) is 0 Å². The van der Waals surface area contributed by atoms with Crippen molar-refractivity contribution in [2.45, 2.75) is 76.0 Å². The Hall–Kier alpha value is 1.10. The molecule has 0 aromatic heterocycles. The maximum Gasteiger partial charge on any atom is 0.478 e. The van der Waals surface area contributed by atoms with Gasteiger partial charge in [-0.05, 0) is 51.9 Å². The van der Waals surface area contributed by atoms with E-state index in [0.29, 0.717) is 76.0 Å². The molecule has 0 aliphatic carbocycles. The van der Waals surface area contributed by atoms with Gasteiger partial charge in [0.25, 0.3) is 0 Å². The summed E-state index contributed by atoms with van der Waals surface area (Å²) in [5.41, 5.74) is 23.9. The lowest BCUT2D eigenvalue weighted by Gasteiger charge is -2.62. The Morgan fingerprint density at radius 3 is 0.700 bits per heavy atom. The van der Waals surface area contributed by atoms with Crippen LogP contribution in [0.25, 0.3) is 0 Å². The fourth-order valence-electron chi connectivity index (χ4n) is 5.81. The maximum atomic E-state index is 7.11. The van der Waals surface area contributed by atoms with Crippen LogP contribution in [0, 0.1) is 0 Å². The van der Waals surface area contributed by atoms with Gasteiger partial charge >= 0.3 is 70.4 Å². The van der Waals surface area contributed by atoms with Crippen LogP contribution in [-0.4, -0.2) is 96.6 Å². The Bertz CT molecular complexity index is 786. The fraction of sp³-hybridized carbons (Fsp3) is 1.00. The Labute approximate surface area is 244 Å². The molecule has 0 saturated carbocycles. The summed E-state index contributed by atoms with van der Waals surface area (Å²) in [6.07, 6.45) is 2.19. The van der Waals surface area contributed by atoms with Crippen LogP contribution < -0.4 is 22.9 Å². The Balaban J connectivity index is 1.78. The first kappa shape index (κ1) is 32.5. The van der Waals surface area contributed by atoms with Gasteiger partial charge in [-0.15, -0.1) is 0 Å². The van der Waals surface area contributed by atoms with Crippen LogP contribution >= 0.6 is 0 Å². The third kappa shape index (κ3) is 6.55. The van der Waals surface area contributed by atoms with Crippen LogP contribution in [0.15, 0.2) is 0 Å². The highest BCUT2D eigenvalue weighted by atomic mass is 28.6. The molecule has 6 heterocycles. The summed E-state index contributed by atoms with van der Waals surface area (Å²) in [7, 11) is -29.7. The largest absolute Gasteiger partial charge is 0.478 e. The molecule has 6 fully saturated rings. The lowest BCUT2D eigenvalue weighted by Crippen LogP contribution is -2.87. The molecule has 0 spiro atoms. The Kier molecular flexibility index (Phi) is 9.32. The van der Waals surface area contributed by atoms with Crippen LogP contribution in [0.4, 0.5) is 0 Å². The summed E-state index contributed by atoms with van der Waals surface area (Å²) in [5, 5.41) is 0. The Morgan fingerprint density at radius 2 is 0.525 bits per heavy atom. The topological polar surface area (TPSA) is 215 Å². The fourth-order valence-corrected chi connectivity index (χ4v) is 53.7. The first-order chi connectivity index (χ1) is 18.7. The molecule has 6 rings (SSSR count). The molecule has 6 saturated heterocycles. The van der Waals surface area contributed by atoms with Crippen molar-refractivity contribution in [3.05, 3.63) is 0 Å². The average molecular weight is 709 g/mol. The molecule has 40 heavy (non-hydrogen) atoms. The zero-order chi connectivity index (χ0) is 29.0. The van der Waals surface area contributed by atoms with Crippen molar-refractivity contribution in [2.75, 3.05) is 26.2 Å². The zero-order valence-electron chi connectivity index (χ0n) is 23.7. The quantitative estimate of drug-likeness (QED) is 0.191. The first-order valence-corrected chi connectivity index (χ1v) is 30.6. The summed E-state index contributed by atoms with van der Waals surface area (Å²) in [6, 6.07) is 1.43. The van der Waals surface area contributed by atoms with Gasteiger partial charge in [0.15, 0.2) is 0 Å². The van der Waals surface area contributed by atoms with Crippen LogP contribution in [0.2, 0.25) is 50.4 Å². The highest BCUT2D eigenvalue weighted by Gasteiger charge is 2.80. The van der Waals surface area contributed by atoms with E-state index in [1.807, 2.05) is 0 Å². The van der Waals surface area contributed by atoms with Crippen molar-refractivity contribution in [1.82, 2.24) is 0 Å². The predicted molar refractivity (Wildman–Crippen MR) is 156 cm³/mol. The van der Waals surface area contributed by atoms with Gasteiger partial charge in [-0.25, -0.2) is 0 Å². The molecule has 0 unspecified atom stereocenters. The van der Waals surface area contributed by atoms with Crippen LogP contribution in [0.1, 0.15) is 25.7 Å². The summed E-state index contributed by atoms with van der Waals surface area (Å²) in [4.78, 5) is 0. The van der Waals surface area contributed by atoms with Crippen LogP contribution in [0.5, 0.6) is 0 Å². The van der Waals surface area contributed by atoms with Crippen molar-refractivity contribution in [3.63, 3.8) is 0 Å². The van der Waals surface area contributed by atoms with Gasteiger partial charge in [0, 0.05) is 50.4 Å². The summed E-state index contributed by atoms with van der Waals surface area (Å²) >= 11 is 0. The van der Waals surface area contributed by atoms with E-state index >= 15 is 0 Å². The molecular formula is C16H44N4O12Si8. The molecular weight excluding hydrogens is 665 g/mol. The van der Waals surface area contributed by atoms with E-state index < -0.39 is 70.4 Å². The van der Waals surface area contributed by atoms with E-state index in [1.165, 1.54) is 0 Å². The molecule has 8 N–H and O–H groups in total. The average Bonchev–Trinajstić information content (AvgIpc) is 2.78. The monoisotopic (exact) mass is 708 g/mol. The third-order valence-electron chi connectivity index (χ3n) is 6.84. The zero-order valence-corrected chi connectivity index (χ0v) is 31.7. The van der Waals surface area contributed by atoms with E-state index in [0.717, 1.165) is 0 Å². The van der Waals surface area contributed by atoms with Crippen molar-refractivity contribution in [3.8, 4) is 0 Å². The molecule has 0 atom stereocenters. The van der Waals surface area contributed by atoms with E-state index in [9.17, 15) is 0 Å². The van der Waals surface area contributed by atoms with Gasteiger partial charge < -0.3 is 72.3 Å². The third-order valence-corrected chi connectivity index (χ3v) is 43.4. The maximum absolute atomic E-state index is 7.11. The van der Waals surface area contributed by atoms with Crippen molar-refractivity contribution in [2.24, 2.45) is 22.9 Å². The number of rotatable bonds is 12. The second-order valence-corrected chi connectivity index (χ2v) is 35.1. The lowest BCUT2D eigenvalue weighted by atomic mass is 10.5. The summed E-state index contributed by atoms with van der Waals surface area (Å²) < 4.78 is 83.0. The smallest absolute Gasteiger partial charge is 0.374 e. The molecule has 0 aromatic rings. The number of hydrogen-bond acceptors (Lipinski definition) is 16. The van der Waals surface area contributed by atoms with Crippen LogP contribution in [-0.2, 0) is 49.4 Å². The number of hydrogen-bond donors (Lipinski definition) is 4. The van der Waals surface area contributed by atoms with E-state index in [1.54, 1.807) is 26.2 Å². The minimum Gasteiger partial charge on any atom is -0.374 e. The van der Waals surface area contributed by atoms with E-state index in [-0.39, 0.29) is 0 Å². The molecule has 6 aliphatic heterocycles. The molecule has 232 valence electrons. The standard InChI is InChI=1S/C16H44N4O12Si8/c1-33-21-34(2)23-36(4)24-35(3,22-33)27-39(15-7-11-19)30-37(25-33,13-5-9-17)29-38(26-34,14-6-10-18)31-40(28-36,32-39)16-8-12-20/h5-20H2,1-4H3.